The van der Waals surface area contributed by atoms with Gasteiger partial charge in [-0.25, -0.2) is 4.98 Å². The van der Waals surface area contributed by atoms with E-state index in [2.05, 4.69) is 28.3 Å². The Kier molecular flexibility index (Phi) is 3.94. The Morgan fingerprint density at radius 2 is 2.53 bits per heavy atom. The molecule has 17 heavy (non-hydrogen) atoms. The molecule has 1 aliphatic rings. The van der Waals surface area contributed by atoms with Crippen LogP contribution in [-0.4, -0.2) is 36.6 Å². The largest absolute Gasteiger partial charge is 0.369 e. The summed E-state index contributed by atoms with van der Waals surface area (Å²) in [5.74, 6) is 1.37. The molecule has 90 valence electrons. The molecule has 0 amide bonds. The lowest BCUT2D eigenvalue weighted by Gasteiger charge is -2.29. The first kappa shape index (κ1) is 11.9. The molecule has 1 unspecified atom stereocenters. The Morgan fingerprint density at radius 3 is 3.29 bits per heavy atom. The first-order chi connectivity index (χ1) is 8.29. The second-order valence-corrected chi connectivity index (χ2v) is 4.66. The standard InChI is InChI=1S/C13H18N4/c1-17-7-3-4-11(10-17)9-16-13-12(8-14)5-2-6-15-13/h2,5-6,11H,3-4,7,9-10H2,1H3,(H,15,16). The maximum atomic E-state index is 8.96. The number of piperidine rings is 1. The van der Waals surface area contributed by atoms with Gasteiger partial charge in [0.25, 0.3) is 0 Å². The molecule has 1 aromatic heterocycles. The number of nitrogens with zero attached hydrogens (tertiary/aromatic N) is 3. The van der Waals surface area contributed by atoms with E-state index >= 15 is 0 Å². The monoisotopic (exact) mass is 230 g/mol. The molecule has 1 atom stereocenters. The molecule has 1 saturated heterocycles. The first-order valence-corrected chi connectivity index (χ1v) is 6.07. The summed E-state index contributed by atoms with van der Waals surface area (Å²) in [6.45, 7) is 3.22. The molecule has 1 aromatic rings. The molecule has 4 heteroatoms. The predicted octanol–water partition coefficient (Wildman–Crippen LogP) is 1.71. The second kappa shape index (κ2) is 5.65. The fourth-order valence-electron chi connectivity index (χ4n) is 2.32. The maximum Gasteiger partial charge on any atom is 0.143 e. The van der Waals surface area contributed by atoms with Crippen molar-refractivity contribution in [2.75, 3.05) is 32.0 Å². The van der Waals surface area contributed by atoms with Gasteiger partial charge in [0.1, 0.15) is 11.9 Å². The number of hydrogen-bond acceptors (Lipinski definition) is 4. The van der Waals surface area contributed by atoms with Gasteiger partial charge in [0.05, 0.1) is 5.56 Å². The highest BCUT2D eigenvalue weighted by Crippen LogP contribution is 2.17. The summed E-state index contributed by atoms with van der Waals surface area (Å²) < 4.78 is 0. The Bertz CT molecular complexity index is 410. The SMILES string of the molecule is CN1CCCC(CNc2ncccc2C#N)C1. The van der Waals surface area contributed by atoms with E-state index in [-0.39, 0.29) is 0 Å². The Hall–Kier alpha value is -1.60. The fraction of sp³-hybridized carbons (Fsp3) is 0.538. The van der Waals surface area contributed by atoms with Gasteiger partial charge in [0.15, 0.2) is 0 Å². The van der Waals surface area contributed by atoms with Crippen LogP contribution in [0.25, 0.3) is 0 Å². The van der Waals surface area contributed by atoms with Crippen molar-refractivity contribution in [1.29, 1.82) is 5.26 Å². The molecule has 0 aromatic carbocycles. The van der Waals surface area contributed by atoms with E-state index in [1.807, 2.05) is 0 Å². The molecule has 1 fully saturated rings. The van der Waals surface area contributed by atoms with Crippen molar-refractivity contribution in [2.24, 2.45) is 5.92 Å². The molecule has 1 aliphatic heterocycles. The average Bonchev–Trinajstić information content (AvgIpc) is 2.37. The van der Waals surface area contributed by atoms with Crippen LogP contribution in [0.5, 0.6) is 0 Å². The number of nitrogens with one attached hydrogen (secondary N) is 1. The summed E-state index contributed by atoms with van der Waals surface area (Å²) in [6, 6.07) is 5.74. The van der Waals surface area contributed by atoms with Crippen molar-refractivity contribution in [3.63, 3.8) is 0 Å². The highest BCUT2D eigenvalue weighted by atomic mass is 15.1. The number of nitriles is 1. The van der Waals surface area contributed by atoms with Gasteiger partial charge in [-0.05, 0) is 44.5 Å². The fourth-order valence-corrected chi connectivity index (χ4v) is 2.32. The maximum absolute atomic E-state index is 8.96. The summed E-state index contributed by atoms with van der Waals surface area (Å²) in [4.78, 5) is 6.57. The van der Waals surface area contributed by atoms with Crippen LogP contribution in [0.2, 0.25) is 0 Å². The highest BCUT2D eigenvalue weighted by molar-refractivity contribution is 5.51. The quantitative estimate of drug-likeness (QED) is 0.858. The van der Waals surface area contributed by atoms with Gasteiger partial charge in [-0.2, -0.15) is 5.26 Å². The van der Waals surface area contributed by atoms with Crippen molar-refractivity contribution in [3.8, 4) is 6.07 Å². The van der Waals surface area contributed by atoms with E-state index < -0.39 is 0 Å². The lowest BCUT2D eigenvalue weighted by atomic mass is 9.98. The van der Waals surface area contributed by atoms with Crippen LogP contribution in [-0.2, 0) is 0 Å². The molecule has 2 heterocycles. The number of aromatic nitrogens is 1. The van der Waals surface area contributed by atoms with Crippen LogP contribution in [0.3, 0.4) is 0 Å². The topological polar surface area (TPSA) is 52.0 Å². The van der Waals surface area contributed by atoms with E-state index in [4.69, 9.17) is 5.26 Å². The molecular weight excluding hydrogens is 212 g/mol. The van der Waals surface area contributed by atoms with Crippen LogP contribution in [0.4, 0.5) is 5.82 Å². The molecule has 2 rings (SSSR count). The number of rotatable bonds is 3. The minimum absolute atomic E-state index is 0.622. The minimum atomic E-state index is 0.622. The smallest absolute Gasteiger partial charge is 0.143 e. The van der Waals surface area contributed by atoms with Gasteiger partial charge in [0, 0.05) is 19.3 Å². The van der Waals surface area contributed by atoms with E-state index in [0.29, 0.717) is 17.3 Å². The Balaban J connectivity index is 1.91. The normalized spacial score (nSPS) is 20.8. The van der Waals surface area contributed by atoms with Crippen molar-refractivity contribution >= 4 is 5.82 Å². The van der Waals surface area contributed by atoms with Crippen LogP contribution in [0.15, 0.2) is 18.3 Å². The van der Waals surface area contributed by atoms with Crippen LogP contribution < -0.4 is 5.32 Å². The van der Waals surface area contributed by atoms with Gasteiger partial charge < -0.3 is 10.2 Å². The van der Waals surface area contributed by atoms with E-state index in [1.165, 1.54) is 19.4 Å². The molecule has 1 N–H and O–H groups in total. The molecule has 0 saturated carbocycles. The number of likely N-dealkylation sites (tertiary alicyclic amines) is 1. The zero-order valence-electron chi connectivity index (χ0n) is 10.2. The van der Waals surface area contributed by atoms with Crippen molar-refractivity contribution in [2.45, 2.75) is 12.8 Å². The highest BCUT2D eigenvalue weighted by Gasteiger charge is 2.17. The zero-order valence-corrected chi connectivity index (χ0v) is 10.2. The van der Waals surface area contributed by atoms with Crippen molar-refractivity contribution in [1.82, 2.24) is 9.88 Å². The first-order valence-electron chi connectivity index (χ1n) is 6.07. The van der Waals surface area contributed by atoms with Gasteiger partial charge in [-0.3, -0.25) is 0 Å². The third-order valence-corrected chi connectivity index (χ3v) is 3.21. The van der Waals surface area contributed by atoms with Crippen molar-refractivity contribution < 1.29 is 0 Å². The number of hydrogen-bond donors (Lipinski definition) is 1. The van der Waals surface area contributed by atoms with Crippen molar-refractivity contribution in [3.05, 3.63) is 23.9 Å². The zero-order chi connectivity index (χ0) is 12.1. The summed E-state index contributed by atoms with van der Waals surface area (Å²) in [5.41, 5.74) is 0.622. The van der Waals surface area contributed by atoms with Gasteiger partial charge >= 0.3 is 0 Å². The third-order valence-electron chi connectivity index (χ3n) is 3.21. The molecule has 0 bridgehead atoms. The number of pyridine rings is 1. The van der Waals surface area contributed by atoms with E-state index in [0.717, 1.165) is 13.1 Å². The van der Waals surface area contributed by atoms with Crippen LogP contribution in [0.1, 0.15) is 18.4 Å². The molecule has 0 radical (unpaired) electrons. The van der Waals surface area contributed by atoms with Crippen LogP contribution >= 0.6 is 0 Å². The van der Waals surface area contributed by atoms with E-state index in [9.17, 15) is 0 Å². The molecule has 0 aliphatic carbocycles. The van der Waals surface area contributed by atoms with Gasteiger partial charge in [-0.15, -0.1) is 0 Å². The molecular formula is C13H18N4. The van der Waals surface area contributed by atoms with Crippen LogP contribution in [0, 0.1) is 17.2 Å². The summed E-state index contributed by atoms with van der Waals surface area (Å²) in [6.07, 6.45) is 4.23. The van der Waals surface area contributed by atoms with Gasteiger partial charge in [-0.1, -0.05) is 0 Å². The predicted molar refractivity (Wildman–Crippen MR) is 67.7 cm³/mol. The summed E-state index contributed by atoms with van der Waals surface area (Å²) in [7, 11) is 2.16. The lowest BCUT2D eigenvalue weighted by molar-refractivity contribution is 0.217. The summed E-state index contributed by atoms with van der Waals surface area (Å²) in [5, 5.41) is 12.3. The summed E-state index contributed by atoms with van der Waals surface area (Å²) >= 11 is 0. The van der Waals surface area contributed by atoms with E-state index in [1.54, 1.807) is 18.3 Å². The third kappa shape index (κ3) is 3.18. The second-order valence-electron chi connectivity index (χ2n) is 4.66. The average molecular weight is 230 g/mol. The lowest BCUT2D eigenvalue weighted by Crippen LogP contribution is -2.35. The Morgan fingerprint density at radius 1 is 1.65 bits per heavy atom. The van der Waals surface area contributed by atoms with Gasteiger partial charge in [0.2, 0.25) is 0 Å². The minimum Gasteiger partial charge on any atom is -0.369 e. The molecule has 4 nitrogen and oxygen atoms in total. The molecule has 0 spiro atoms. The number of anilines is 1. The Labute approximate surface area is 102 Å².